The van der Waals surface area contributed by atoms with Crippen LogP contribution in [-0.2, 0) is 16.1 Å². The van der Waals surface area contributed by atoms with Gasteiger partial charge in [0.2, 0.25) is 5.91 Å². The van der Waals surface area contributed by atoms with Gasteiger partial charge in [0.15, 0.2) is 0 Å². The van der Waals surface area contributed by atoms with Gasteiger partial charge in [-0.2, -0.15) is 0 Å². The van der Waals surface area contributed by atoms with Crippen molar-refractivity contribution in [1.82, 2.24) is 19.9 Å². The molecule has 3 heterocycles. The normalized spacial score (nSPS) is 20.6. The molecule has 0 radical (unpaired) electrons. The molecule has 6 nitrogen and oxygen atoms in total. The Kier molecular flexibility index (Phi) is 4.22. The quantitative estimate of drug-likeness (QED) is 0.867. The van der Waals surface area contributed by atoms with Crippen LogP contribution < -0.4 is 0 Å². The molecule has 1 spiro atoms. The fraction of sp³-hybridized carbons (Fsp3) is 0.611. The SMILES string of the molecule is O=C(CCn1nnc2ccccc21)N1CCC2(CCOCC2)CC1. The van der Waals surface area contributed by atoms with Crippen LogP contribution in [0, 0.1) is 5.41 Å². The van der Waals surface area contributed by atoms with E-state index in [4.69, 9.17) is 4.74 Å². The number of aryl methyl sites for hydroxylation is 1. The lowest BCUT2D eigenvalue weighted by Gasteiger charge is -2.44. The molecule has 1 aromatic heterocycles. The first-order valence-electron chi connectivity index (χ1n) is 8.90. The average Bonchev–Trinajstić information content (AvgIpc) is 3.04. The number of benzene rings is 1. The fourth-order valence-corrected chi connectivity index (χ4v) is 3.98. The van der Waals surface area contributed by atoms with Gasteiger partial charge in [0.1, 0.15) is 5.52 Å². The summed E-state index contributed by atoms with van der Waals surface area (Å²) < 4.78 is 7.32. The standard InChI is InChI=1S/C18H24N4O2/c23-17(5-10-22-16-4-2-1-3-15(16)19-20-22)21-11-6-18(7-12-21)8-13-24-14-9-18/h1-4H,5-14H2. The smallest absolute Gasteiger partial charge is 0.224 e. The number of ether oxygens (including phenoxy) is 1. The molecule has 2 fully saturated rings. The predicted octanol–water partition coefficient (Wildman–Crippen LogP) is 2.24. The number of rotatable bonds is 3. The van der Waals surface area contributed by atoms with Crippen LogP contribution in [0.1, 0.15) is 32.1 Å². The molecule has 4 rings (SSSR count). The molecule has 0 N–H and O–H groups in total. The van der Waals surface area contributed by atoms with Crippen molar-refractivity contribution in [1.29, 1.82) is 0 Å². The molecule has 0 unspecified atom stereocenters. The molecule has 2 saturated heterocycles. The van der Waals surface area contributed by atoms with Crippen LogP contribution in [-0.4, -0.2) is 52.1 Å². The van der Waals surface area contributed by atoms with Crippen LogP contribution in [0.5, 0.6) is 0 Å². The van der Waals surface area contributed by atoms with Gasteiger partial charge in [-0.25, -0.2) is 4.68 Å². The van der Waals surface area contributed by atoms with E-state index in [1.54, 1.807) is 0 Å². The Hall–Kier alpha value is -1.95. The summed E-state index contributed by atoms with van der Waals surface area (Å²) in [5.74, 6) is 0.233. The van der Waals surface area contributed by atoms with Crippen LogP contribution in [0.4, 0.5) is 0 Å². The summed E-state index contributed by atoms with van der Waals surface area (Å²) in [6.07, 6.45) is 5.03. The number of likely N-dealkylation sites (tertiary alicyclic amines) is 1. The first-order valence-corrected chi connectivity index (χ1v) is 8.90. The number of amides is 1. The van der Waals surface area contributed by atoms with E-state index in [2.05, 4.69) is 10.3 Å². The van der Waals surface area contributed by atoms with E-state index < -0.39 is 0 Å². The topological polar surface area (TPSA) is 60.2 Å². The van der Waals surface area contributed by atoms with E-state index >= 15 is 0 Å². The molecule has 0 atom stereocenters. The van der Waals surface area contributed by atoms with E-state index in [0.717, 1.165) is 63.0 Å². The van der Waals surface area contributed by atoms with Gasteiger partial charge in [-0.05, 0) is 43.2 Å². The van der Waals surface area contributed by atoms with Crippen molar-refractivity contribution in [3.05, 3.63) is 24.3 Å². The Morgan fingerprint density at radius 3 is 2.67 bits per heavy atom. The Labute approximate surface area is 141 Å². The summed E-state index contributed by atoms with van der Waals surface area (Å²) in [5, 5.41) is 8.31. The van der Waals surface area contributed by atoms with E-state index in [1.807, 2.05) is 33.8 Å². The lowest BCUT2D eigenvalue weighted by molar-refractivity contribution is -0.135. The van der Waals surface area contributed by atoms with Gasteiger partial charge in [0.05, 0.1) is 12.1 Å². The third kappa shape index (κ3) is 3.02. The highest BCUT2D eigenvalue weighted by Gasteiger charge is 2.36. The Balaban J connectivity index is 1.32. The van der Waals surface area contributed by atoms with Crippen molar-refractivity contribution in [3.63, 3.8) is 0 Å². The van der Waals surface area contributed by atoms with Crippen molar-refractivity contribution in [2.45, 2.75) is 38.6 Å². The Bertz CT molecular complexity index is 711. The average molecular weight is 328 g/mol. The molecular weight excluding hydrogens is 304 g/mol. The molecule has 128 valence electrons. The monoisotopic (exact) mass is 328 g/mol. The van der Waals surface area contributed by atoms with Crippen molar-refractivity contribution in [3.8, 4) is 0 Å². The highest BCUT2D eigenvalue weighted by atomic mass is 16.5. The van der Waals surface area contributed by atoms with Crippen LogP contribution >= 0.6 is 0 Å². The molecule has 24 heavy (non-hydrogen) atoms. The van der Waals surface area contributed by atoms with E-state index in [-0.39, 0.29) is 5.91 Å². The molecule has 2 aliphatic heterocycles. The number of para-hydroxylation sites is 1. The molecule has 2 aromatic rings. The summed E-state index contributed by atoms with van der Waals surface area (Å²) in [4.78, 5) is 14.6. The lowest BCUT2D eigenvalue weighted by atomic mass is 9.72. The number of hydrogen-bond acceptors (Lipinski definition) is 4. The van der Waals surface area contributed by atoms with Gasteiger partial charge < -0.3 is 9.64 Å². The Morgan fingerprint density at radius 1 is 1.12 bits per heavy atom. The molecule has 2 aliphatic rings. The van der Waals surface area contributed by atoms with Gasteiger partial charge in [-0.3, -0.25) is 4.79 Å². The first kappa shape index (κ1) is 15.6. The number of aromatic nitrogens is 3. The van der Waals surface area contributed by atoms with Gasteiger partial charge in [0, 0.05) is 32.7 Å². The molecule has 0 aliphatic carbocycles. The number of carbonyl (C=O) groups is 1. The summed E-state index contributed by atoms with van der Waals surface area (Å²) >= 11 is 0. The molecule has 0 bridgehead atoms. The minimum atomic E-state index is 0.233. The molecule has 1 aromatic carbocycles. The molecule has 0 saturated carbocycles. The highest BCUT2D eigenvalue weighted by molar-refractivity contribution is 5.77. The van der Waals surface area contributed by atoms with Crippen molar-refractivity contribution in [2.24, 2.45) is 5.41 Å². The summed E-state index contributed by atoms with van der Waals surface area (Å²) in [6.45, 7) is 4.13. The fourth-order valence-electron chi connectivity index (χ4n) is 3.98. The van der Waals surface area contributed by atoms with Crippen LogP contribution in [0.3, 0.4) is 0 Å². The van der Waals surface area contributed by atoms with Crippen molar-refractivity contribution >= 4 is 16.9 Å². The van der Waals surface area contributed by atoms with E-state index in [9.17, 15) is 4.79 Å². The lowest BCUT2D eigenvalue weighted by Crippen LogP contribution is -2.45. The number of nitrogens with zero attached hydrogens (tertiary/aromatic N) is 4. The number of hydrogen-bond donors (Lipinski definition) is 0. The molecule has 6 heteroatoms. The summed E-state index contributed by atoms with van der Waals surface area (Å²) in [6, 6.07) is 7.86. The zero-order chi connectivity index (χ0) is 16.4. The zero-order valence-electron chi connectivity index (χ0n) is 14.0. The third-order valence-electron chi connectivity index (χ3n) is 5.69. The zero-order valence-corrected chi connectivity index (χ0v) is 14.0. The van der Waals surface area contributed by atoms with E-state index in [0.29, 0.717) is 18.4 Å². The van der Waals surface area contributed by atoms with Gasteiger partial charge in [0.25, 0.3) is 0 Å². The summed E-state index contributed by atoms with van der Waals surface area (Å²) in [7, 11) is 0. The van der Waals surface area contributed by atoms with Crippen molar-refractivity contribution < 1.29 is 9.53 Å². The second-order valence-corrected chi connectivity index (χ2v) is 7.04. The maximum atomic E-state index is 12.5. The molecular formula is C18H24N4O2. The first-order chi connectivity index (χ1) is 11.8. The number of piperidine rings is 1. The van der Waals surface area contributed by atoms with Crippen LogP contribution in [0.25, 0.3) is 11.0 Å². The van der Waals surface area contributed by atoms with E-state index in [1.165, 1.54) is 0 Å². The second-order valence-electron chi connectivity index (χ2n) is 7.04. The van der Waals surface area contributed by atoms with Gasteiger partial charge in [-0.15, -0.1) is 5.10 Å². The van der Waals surface area contributed by atoms with Gasteiger partial charge >= 0.3 is 0 Å². The highest BCUT2D eigenvalue weighted by Crippen LogP contribution is 2.40. The van der Waals surface area contributed by atoms with Gasteiger partial charge in [-0.1, -0.05) is 17.3 Å². The Morgan fingerprint density at radius 2 is 1.88 bits per heavy atom. The maximum Gasteiger partial charge on any atom is 0.224 e. The number of carbonyl (C=O) groups excluding carboxylic acids is 1. The maximum absolute atomic E-state index is 12.5. The minimum Gasteiger partial charge on any atom is -0.381 e. The number of fused-ring (bicyclic) bond motifs is 1. The minimum absolute atomic E-state index is 0.233. The molecule has 1 amide bonds. The third-order valence-corrected chi connectivity index (χ3v) is 5.69. The second kappa shape index (κ2) is 6.51. The van der Waals surface area contributed by atoms with Crippen LogP contribution in [0.15, 0.2) is 24.3 Å². The predicted molar refractivity (Wildman–Crippen MR) is 90.4 cm³/mol. The summed E-state index contributed by atoms with van der Waals surface area (Å²) in [5.41, 5.74) is 2.30. The van der Waals surface area contributed by atoms with Crippen LogP contribution in [0.2, 0.25) is 0 Å². The largest absolute Gasteiger partial charge is 0.381 e. The van der Waals surface area contributed by atoms with Crippen molar-refractivity contribution in [2.75, 3.05) is 26.3 Å².